The maximum atomic E-state index is 13.2. The van der Waals surface area contributed by atoms with Crippen LogP contribution in [0.2, 0.25) is 5.02 Å². The topological polar surface area (TPSA) is 52.9 Å². The van der Waals surface area contributed by atoms with Crippen LogP contribution < -0.4 is 0 Å². The van der Waals surface area contributed by atoms with Crippen molar-refractivity contribution in [1.29, 1.82) is 0 Å². The fraction of sp³-hybridized carbons (Fsp3) is 0.286. The van der Waals surface area contributed by atoms with Crippen molar-refractivity contribution in [3.8, 4) is 0 Å². The number of carbonyl (C=O) groups excluding carboxylic acids is 1. The largest absolute Gasteiger partial charge is 0.364 e. The minimum atomic E-state index is -3.48. The number of amides is 1. The van der Waals surface area contributed by atoms with Gasteiger partial charge in [-0.3, -0.25) is 4.79 Å². The Balaban J connectivity index is 2.07. The normalized spacial score (nSPS) is 21.2. The van der Waals surface area contributed by atoms with Gasteiger partial charge in [0.1, 0.15) is 10.6 Å². The lowest BCUT2D eigenvalue weighted by atomic mass is 10.1. The summed E-state index contributed by atoms with van der Waals surface area (Å²) >= 11 is 7.00. The summed E-state index contributed by atoms with van der Waals surface area (Å²) in [6.45, 7) is 0. The molecule has 1 unspecified atom stereocenters. The molecule has 1 aliphatic heterocycles. The average molecular weight is 381 g/mol. The SMILES string of the molecule is O=C(c1sc2ccccc2c1Cl)N1N=C(C(F)F)CC1(O)C(F)F. The van der Waals surface area contributed by atoms with Crippen LogP contribution in [0.4, 0.5) is 17.6 Å². The smallest absolute Gasteiger partial charge is 0.288 e. The second kappa shape index (κ2) is 5.98. The van der Waals surface area contributed by atoms with Crippen molar-refractivity contribution in [2.24, 2.45) is 5.10 Å². The van der Waals surface area contributed by atoms with E-state index in [0.717, 1.165) is 11.3 Å². The number of nitrogens with zero attached hydrogens (tertiary/aromatic N) is 2. The number of alkyl halides is 4. The van der Waals surface area contributed by atoms with E-state index in [9.17, 15) is 27.5 Å². The van der Waals surface area contributed by atoms with Crippen molar-refractivity contribution in [2.75, 3.05) is 0 Å². The molecular weight excluding hydrogens is 372 g/mol. The first-order valence-corrected chi connectivity index (χ1v) is 7.82. The Kier molecular flexibility index (Phi) is 4.27. The molecular formula is C14H9ClF4N2O2S. The van der Waals surface area contributed by atoms with E-state index in [1.54, 1.807) is 24.3 Å². The van der Waals surface area contributed by atoms with E-state index in [-0.39, 0.29) is 14.9 Å². The van der Waals surface area contributed by atoms with Gasteiger partial charge < -0.3 is 5.11 Å². The van der Waals surface area contributed by atoms with Gasteiger partial charge in [-0.1, -0.05) is 29.8 Å². The van der Waals surface area contributed by atoms with Gasteiger partial charge in [-0.05, 0) is 6.07 Å². The molecule has 0 saturated carbocycles. The minimum Gasteiger partial charge on any atom is -0.364 e. The molecule has 10 heteroatoms. The third-order valence-corrected chi connectivity index (χ3v) is 5.22. The van der Waals surface area contributed by atoms with Gasteiger partial charge in [-0.25, -0.2) is 17.6 Å². The number of hydrazone groups is 1. The molecule has 1 amide bonds. The van der Waals surface area contributed by atoms with Crippen molar-refractivity contribution >= 4 is 44.6 Å². The minimum absolute atomic E-state index is 0.00193. The molecule has 1 aromatic heterocycles. The van der Waals surface area contributed by atoms with Crippen molar-refractivity contribution < 1.29 is 27.5 Å². The monoisotopic (exact) mass is 380 g/mol. The molecule has 0 saturated heterocycles. The summed E-state index contributed by atoms with van der Waals surface area (Å²) < 4.78 is 52.6. The van der Waals surface area contributed by atoms with Gasteiger partial charge >= 0.3 is 0 Å². The van der Waals surface area contributed by atoms with Crippen LogP contribution in [0, 0.1) is 0 Å². The molecule has 0 radical (unpaired) electrons. The molecule has 0 bridgehead atoms. The number of rotatable bonds is 3. The molecule has 1 N–H and O–H groups in total. The molecule has 2 aromatic rings. The quantitative estimate of drug-likeness (QED) is 0.819. The Morgan fingerprint density at radius 3 is 2.58 bits per heavy atom. The van der Waals surface area contributed by atoms with Crippen molar-refractivity contribution in [3.05, 3.63) is 34.2 Å². The Labute approximate surface area is 141 Å². The van der Waals surface area contributed by atoms with Crippen LogP contribution >= 0.6 is 22.9 Å². The molecule has 1 atom stereocenters. The van der Waals surface area contributed by atoms with Gasteiger partial charge in [0.15, 0.2) is 0 Å². The van der Waals surface area contributed by atoms with Crippen LogP contribution in [0.3, 0.4) is 0 Å². The molecule has 4 nitrogen and oxygen atoms in total. The molecule has 0 aliphatic carbocycles. The average Bonchev–Trinajstić information content (AvgIpc) is 3.07. The zero-order valence-corrected chi connectivity index (χ0v) is 13.3. The first kappa shape index (κ1) is 17.1. The fourth-order valence-corrected chi connectivity index (χ4v) is 3.79. The number of carbonyl (C=O) groups is 1. The summed E-state index contributed by atoms with van der Waals surface area (Å²) in [4.78, 5) is 12.4. The first-order chi connectivity index (χ1) is 11.3. The highest BCUT2D eigenvalue weighted by Crippen LogP contribution is 2.40. The summed E-state index contributed by atoms with van der Waals surface area (Å²) in [5, 5.41) is 13.8. The van der Waals surface area contributed by atoms with Crippen molar-refractivity contribution in [1.82, 2.24) is 5.01 Å². The second-order valence-corrected chi connectivity index (χ2v) is 6.54. The van der Waals surface area contributed by atoms with Crippen molar-refractivity contribution in [3.63, 3.8) is 0 Å². The highest BCUT2D eigenvalue weighted by atomic mass is 35.5. The molecule has 1 aliphatic rings. The molecule has 0 spiro atoms. The summed E-state index contributed by atoms with van der Waals surface area (Å²) in [5.41, 5.74) is -4.11. The van der Waals surface area contributed by atoms with Gasteiger partial charge in [0.2, 0.25) is 5.72 Å². The van der Waals surface area contributed by atoms with Crippen LogP contribution in [-0.4, -0.2) is 40.3 Å². The van der Waals surface area contributed by atoms with Crippen LogP contribution in [-0.2, 0) is 0 Å². The number of thiophene rings is 1. The zero-order chi connectivity index (χ0) is 17.6. The van der Waals surface area contributed by atoms with Crippen LogP contribution in [0.5, 0.6) is 0 Å². The maximum Gasteiger partial charge on any atom is 0.288 e. The summed E-state index contributed by atoms with van der Waals surface area (Å²) in [6.07, 6.45) is -7.77. The molecule has 3 rings (SSSR count). The summed E-state index contributed by atoms with van der Waals surface area (Å²) in [5.74, 6) is -1.15. The van der Waals surface area contributed by atoms with E-state index >= 15 is 0 Å². The van der Waals surface area contributed by atoms with E-state index in [1.165, 1.54) is 0 Å². The highest BCUT2D eigenvalue weighted by Gasteiger charge is 2.53. The predicted octanol–water partition coefficient (Wildman–Crippen LogP) is 3.98. The predicted molar refractivity (Wildman–Crippen MR) is 82.0 cm³/mol. The fourth-order valence-electron chi connectivity index (χ4n) is 2.35. The van der Waals surface area contributed by atoms with Gasteiger partial charge in [-0.2, -0.15) is 10.1 Å². The lowest BCUT2D eigenvalue weighted by Gasteiger charge is -2.29. The highest BCUT2D eigenvalue weighted by molar-refractivity contribution is 7.21. The third-order valence-electron chi connectivity index (χ3n) is 3.56. The third kappa shape index (κ3) is 2.56. The number of hydrogen-bond donors (Lipinski definition) is 1. The Bertz CT molecular complexity index is 841. The molecule has 128 valence electrons. The molecule has 2 heterocycles. The summed E-state index contributed by atoms with van der Waals surface area (Å²) in [6, 6.07) is 6.66. The van der Waals surface area contributed by atoms with Crippen molar-refractivity contribution in [2.45, 2.75) is 25.0 Å². The van der Waals surface area contributed by atoms with E-state index in [1.807, 2.05) is 0 Å². The van der Waals surface area contributed by atoms with E-state index < -0.39 is 36.6 Å². The molecule has 0 fully saturated rings. The molecule has 1 aromatic carbocycles. The standard InChI is InChI=1S/C14H9ClF4N2O2S/c15-9-6-3-1-2-4-8(6)24-10(9)12(22)21-14(23,13(18)19)5-7(20-21)11(16)17/h1-4,11,13,23H,5H2. The Morgan fingerprint density at radius 2 is 2.00 bits per heavy atom. The Morgan fingerprint density at radius 1 is 1.33 bits per heavy atom. The number of aliphatic hydroxyl groups is 1. The van der Waals surface area contributed by atoms with Gasteiger partial charge in [0, 0.05) is 16.5 Å². The molecule has 24 heavy (non-hydrogen) atoms. The van der Waals surface area contributed by atoms with Gasteiger partial charge in [-0.15, -0.1) is 11.3 Å². The maximum absolute atomic E-state index is 13.2. The lowest BCUT2D eigenvalue weighted by molar-refractivity contribution is -0.164. The zero-order valence-electron chi connectivity index (χ0n) is 11.7. The lowest BCUT2D eigenvalue weighted by Crippen LogP contribution is -2.51. The van der Waals surface area contributed by atoms with E-state index in [0.29, 0.717) is 10.1 Å². The Hall–Kier alpha value is -1.71. The van der Waals surface area contributed by atoms with E-state index in [4.69, 9.17) is 11.6 Å². The van der Waals surface area contributed by atoms with Crippen LogP contribution in [0.1, 0.15) is 16.1 Å². The number of benzene rings is 1. The van der Waals surface area contributed by atoms with Crippen LogP contribution in [0.15, 0.2) is 29.4 Å². The second-order valence-electron chi connectivity index (χ2n) is 5.11. The van der Waals surface area contributed by atoms with Gasteiger partial charge in [0.25, 0.3) is 18.8 Å². The number of fused-ring (bicyclic) bond motifs is 1. The summed E-state index contributed by atoms with van der Waals surface area (Å²) in [7, 11) is 0. The van der Waals surface area contributed by atoms with Crippen LogP contribution in [0.25, 0.3) is 10.1 Å². The number of halogens is 5. The van der Waals surface area contributed by atoms with Gasteiger partial charge in [0.05, 0.1) is 5.02 Å². The first-order valence-electron chi connectivity index (χ1n) is 6.63. The number of hydrogen-bond acceptors (Lipinski definition) is 4. The van der Waals surface area contributed by atoms with E-state index in [2.05, 4.69) is 5.10 Å².